The molecule has 1 aromatic heterocycles. The van der Waals surface area contributed by atoms with Gasteiger partial charge in [-0.15, -0.1) is 0 Å². The second kappa shape index (κ2) is 14.0. The summed E-state index contributed by atoms with van der Waals surface area (Å²) in [5, 5.41) is 7.69. The first kappa shape index (κ1) is 32.2. The maximum atomic E-state index is 6.03. The minimum absolute atomic E-state index is 0.597. The van der Waals surface area contributed by atoms with Crippen molar-refractivity contribution in [2.75, 3.05) is 13.2 Å². The third-order valence-corrected chi connectivity index (χ3v) is 14.8. The van der Waals surface area contributed by atoms with E-state index >= 15 is 0 Å². The molecule has 0 amide bonds. The van der Waals surface area contributed by atoms with E-state index < -0.39 is 7.26 Å². The zero-order valence-corrected chi connectivity index (χ0v) is 30.9. The Morgan fingerprint density at radius 2 is 1.25 bits per heavy atom. The van der Waals surface area contributed by atoms with E-state index in [2.05, 4.69) is 182 Å². The van der Waals surface area contributed by atoms with E-state index in [-0.39, 0.29) is 0 Å². The molecule has 237 valence electrons. The molecule has 0 radical (unpaired) electrons. The van der Waals surface area contributed by atoms with E-state index in [0.29, 0.717) is 13.2 Å². The van der Waals surface area contributed by atoms with Crippen molar-refractivity contribution in [3.8, 4) is 4.37 Å². The first-order chi connectivity index (χ1) is 23.6. The van der Waals surface area contributed by atoms with Crippen molar-refractivity contribution in [3.63, 3.8) is 0 Å². The Kier molecular flexibility index (Phi) is 9.42. The normalized spacial score (nSPS) is 15.9. The quantitative estimate of drug-likeness (QED) is 0.147. The summed E-state index contributed by atoms with van der Waals surface area (Å²) >= 11 is 1.83. The first-order valence-electron chi connectivity index (χ1n) is 16.4. The number of ether oxygens (including phenoxy) is 1. The average Bonchev–Trinajstić information content (AvgIpc) is 3.72. The molecule has 0 N–H and O–H groups in total. The Balaban J connectivity index is 1.62. The molecule has 0 unspecified atom stereocenters. The van der Waals surface area contributed by atoms with E-state index in [1.807, 2.05) is 17.9 Å². The Morgan fingerprint density at radius 1 is 0.708 bits per heavy atom. The molecule has 2 heterocycles. The second-order valence-corrected chi connectivity index (χ2v) is 16.0. The summed E-state index contributed by atoms with van der Waals surface area (Å²) < 4.78 is 12.3. The molecule has 4 heteroatoms. The molecule has 0 bridgehead atoms. The number of hydrogen-bond donors (Lipinski definition) is 0. The Labute approximate surface area is 294 Å². The van der Waals surface area contributed by atoms with Crippen LogP contribution >= 0.6 is 7.26 Å². The van der Waals surface area contributed by atoms with Crippen molar-refractivity contribution < 1.29 is 22.7 Å². The van der Waals surface area contributed by atoms with Crippen molar-refractivity contribution in [1.82, 2.24) is 4.57 Å². The third-order valence-electron chi connectivity index (χ3n) is 9.40. The van der Waals surface area contributed by atoms with Gasteiger partial charge in [0.25, 0.3) is 0 Å². The number of hydrogen-bond acceptors (Lipinski definition) is 1. The van der Waals surface area contributed by atoms with Crippen LogP contribution in [0.4, 0.5) is 0 Å². The molecule has 0 aliphatic carbocycles. The van der Waals surface area contributed by atoms with Crippen molar-refractivity contribution >= 4 is 56.6 Å². The van der Waals surface area contributed by atoms with Crippen LogP contribution in [0.3, 0.4) is 0 Å². The van der Waals surface area contributed by atoms with Crippen LogP contribution in [0.25, 0.3) is 33.5 Å². The molecule has 0 saturated carbocycles. The number of aromatic nitrogens is 1. The van der Waals surface area contributed by atoms with Gasteiger partial charge in [0.15, 0.2) is 0 Å². The van der Waals surface area contributed by atoms with Gasteiger partial charge < -0.3 is 0 Å². The molecule has 1 aliphatic rings. The Bertz CT molecular complexity index is 2190. The molecule has 0 atom stereocenters. The zero-order valence-electron chi connectivity index (χ0n) is 27.5. The van der Waals surface area contributed by atoms with Gasteiger partial charge >= 0.3 is 289 Å². The van der Waals surface area contributed by atoms with Gasteiger partial charge in [-0.05, 0) is 6.92 Å². The number of aryl methyl sites for hydroxylation is 1. The molecule has 0 spiro atoms. The van der Waals surface area contributed by atoms with Gasteiger partial charge in [0.1, 0.15) is 0 Å². The molecule has 1 saturated heterocycles. The number of allylic oxidation sites excluding steroid dienone is 5. The summed E-state index contributed by atoms with van der Waals surface area (Å²) in [6.45, 7) is 5.41. The van der Waals surface area contributed by atoms with Crippen LogP contribution in [-0.4, -0.2) is 17.8 Å². The van der Waals surface area contributed by atoms with Crippen LogP contribution in [0.1, 0.15) is 25.0 Å². The van der Waals surface area contributed by atoms with Crippen LogP contribution in [0.2, 0.25) is 0 Å². The van der Waals surface area contributed by atoms with Gasteiger partial charge in [-0.3, -0.25) is 0 Å². The summed E-state index contributed by atoms with van der Waals surface area (Å²) in [5.41, 5.74) is 8.50. The summed E-state index contributed by atoms with van der Waals surface area (Å²) in [6.07, 6.45) is 8.86. The van der Waals surface area contributed by atoms with E-state index in [9.17, 15) is 0 Å². The Hall–Kier alpha value is -4.33. The summed E-state index contributed by atoms with van der Waals surface area (Å²) in [4.78, 5) is 0. The van der Waals surface area contributed by atoms with Gasteiger partial charge in [0.05, 0.1) is 0 Å². The maximum absolute atomic E-state index is 6.03. The molecule has 6 aromatic rings. The summed E-state index contributed by atoms with van der Waals surface area (Å²) in [5.74, 6) is 0. The SMILES string of the molecule is CC=C1COCC1=CC(=C([C]#[Os])[P+](c1ccccc1)(c1ccccc1)c1ccccc1)c1ccc2c3ccc(/C=C/C)cc3n(C)c2c1. The van der Waals surface area contributed by atoms with E-state index in [0.717, 1.165) is 0 Å². The van der Waals surface area contributed by atoms with Crippen LogP contribution in [0, 0.1) is 4.37 Å². The van der Waals surface area contributed by atoms with Crippen LogP contribution in [0.5, 0.6) is 0 Å². The summed E-state index contributed by atoms with van der Waals surface area (Å²) in [7, 11) is -0.240. The molecule has 1 aliphatic heterocycles. The number of fused-ring (bicyclic) bond motifs is 3. The number of nitrogens with zero attached hydrogens (tertiary/aromatic N) is 1. The molecule has 2 nitrogen and oxygen atoms in total. The fourth-order valence-corrected chi connectivity index (χ4v) is 12.9. The summed E-state index contributed by atoms with van der Waals surface area (Å²) in [6, 6.07) is 47.0. The van der Waals surface area contributed by atoms with Crippen molar-refractivity contribution in [2.24, 2.45) is 7.05 Å². The third kappa shape index (κ3) is 5.63. The predicted octanol–water partition coefficient (Wildman–Crippen LogP) is 9.48. The standard InChI is InChI=1S/C44H38NOP.Os/c1-5-16-33-23-25-40-41-26-24-35(29-44(41)45(4)43(40)27-33)42(28-36-31-46-30-34(36)6-2)32(3)47(37-17-10-7-11-18-37,38-19-12-8-13-20-38)39-21-14-9-15-22-39;/h5-29H,30-31H2,1-2,4H3;/q+1;/b16-5+,34-6?,36-28?,42-32?;. The van der Waals surface area contributed by atoms with E-state index in [1.54, 1.807) is 0 Å². The average molecular weight is 818 g/mol. The Morgan fingerprint density at radius 3 is 1.79 bits per heavy atom. The van der Waals surface area contributed by atoms with Crippen molar-refractivity contribution in [3.05, 3.63) is 173 Å². The van der Waals surface area contributed by atoms with Crippen LogP contribution in [-0.2, 0) is 29.7 Å². The van der Waals surface area contributed by atoms with Crippen LogP contribution < -0.4 is 15.9 Å². The van der Waals surface area contributed by atoms with E-state index in [4.69, 9.17) is 4.74 Å². The fourth-order valence-electron chi connectivity index (χ4n) is 7.08. The van der Waals surface area contributed by atoms with Gasteiger partial charge in [-0.1, -0.05) is 0 Å². The number of benzene rings is 5. The molecular weight excluding hydrogens is 780 g/mol. The van der Waals surface area contributed by atoms with Crippen molar-refractivity contribution in [2.45, 2.75) is 13.8 Å². The van der Waals surface area contributed by atoms with Crippen molar-refractivity contribution in [1.29, 1.82) is 0 Å². The topological polar surface area (TPSA) is 14.2 Å². The van der Waals surface area contributed by atoms with Crippen LogP contribution in [0.15, 0.2) is 162 Å². The fraction of sp³-hybridized carbons (Fsp3) is 0.114. The molecular formula is C44H38NOOsP+. The number of rotatable bonds is 7. The van der Waals surface area contributed by atoms with Gasteiger partial charge in [-0.2, -0.15) is 0 Å². The molecule has 7 rings (SSSR count). The predicted molar refractivity (Wildman–Crippen MR) is 204 cm³/mol. The van der Waals surface area contributed by atoms with E-state index in [1.165, 1.54) is 70.9 Å². The first-order valence-corrected chi connectivity index (χ1v) is 19.4. The zero-order chi connectivity index (χ0) is 33.1. The minimum atomic E-state index is -2.43. The molecule has 1 fully saturated rings. The molecule has 48 heavy (non-hydrogen) atoms. The van der Waals surface area contributed by atoms with Gasteiger partial charge in [0, 0.05) is 0 Å². The second-order valence-electron chi connectivity index (χ2n) is 12.1. The molecule has 5 aromatic carbocycles. The monoisotopic (exact) mass is 819 g/mol. The van der Waals surface area contributed by atoms with Gasteiger partial charge in [0.2, 0.25) is 0 Å². The van der Waals surface area contributed by atoms with Gasteiger partial charge in [-0.25, -0.2) is 0 Å².